The predicted octanol–water partition coefficient (Wildman–Crippen LogP) is 2.47. The van der Waals surface area contributed by atoms with Gasteiger partial charge < -0.3 is 10.1 Å². The largest absolute Gasteiger partial charge is 0.490 e. The lowest BCUT2D eigenvalue weighted by atomic mass is 10.1. The number of benzene rings is 1. The van der Waals surface area contributed by atoms with E-state index in [-0.39, 0.29) is 12.4 Å². The second-order valence-corrected chi connectivity index (χ2v) is 4.83. The van der Waals surface area contributed by atoms with Crippen molar-refractivity contribution < 1.29 is 4.74 Å². The minimum absolute atomic E-state index is 0. The molecule has 4 heteroatoms. The van der Waals surface area contributed by atoms with Gasteiger partial charge >= 0.3 is 0 Å². The summed E-state index contributed by atoms with van der Waals surface area (Å²) >= 11 is 0. The first kappa shape index (κ1) is 16.0. The summed E-state index contributed by atoms with van der Waals surface area (Å²) in [5.41, 5.74) is 1.34. The number of hydrogen-bond donors (Lipinski definition) is 1. The van der Waals surface area contributed by atoms with E-state index in [1.54, 1.807) is 6.08 Å². The molecule has 0 saturated carbocycles. The van der Waals surface area contributed by atoms with Gasteiger partial charge in [0.1, 0.15) is 12.4 Å². The van der Waals surface area contributed by atoms with Crippen LogP contribution < -0.4 is 10.1 Å². The highest BCUT2D eigenvalue weighted by Gasteiger charge is 2.15. The molecule has 1 saturated heterocycles. The lowest BCUT2D eigenvalue weighted by Gasteiger charge is -2.31. The lowest BCUT2D eigenvalue weighted by molar-refractivity contribution is 0.199. The normalized spacial score (nSPS) is 19.5. The van der Waals surface area contributed by atoms with Gasteiger partial charge in [0.25, 0.3) is 0 Å². The Hall–Kier alpha value is -1.03. The van der Waals surface area contributed by atoms with Crippen molar-refractivity contribution in [3.05, 3.63) is 42.5 Å². The molecular formula is C15H23ClN2O. The second kappa shape index (κ2) is 8.20. The molecule has 0 radical (unpaired) electrons. The summed E-state index contributed by atoms with van der Waals surface area (Å²) in [6.07, 6.45) is 1.76. The van der Waals surface area contributed by atoms with Gasteiger partial charge in [-0.2, -0.15) is 0 Å². The second-order valence-electron chi connectivity index (χ2n) is 4.83. The van der Waals surface area contributed by atoms with Crippen molar-refractivity contribution in [3.8, 4) is 5.75 Å². The highest BCUT2D eigenvalue weighted by Crippen LogP contribution is 2.14. The van der Waals surface area contributed by atoms with Crippen molar-refractivity contribution >= 4 is 12.4 Å². The molecule has 1 fully saturated rings. The molecule has 1 N–H and O–H groups in total. The average molecular weight is 283 g/mol. The standard InChI is InChI=1S/C15H22N2O.ClH/c1-3-10-18-15-6-4-14(5-7-15)12-17-9-8-16-13(2)11-17;/h3-7,13,16H,1,8-12H2,2H3;1H/t13-;/m0./s1. The fraction of sp³-hybridized carbons (Fsp3) is 0.467. The minimum atomic E-state index is 0. The molecule has 106 valence electrons. The highest BCUT2D eigenvalue weighted by molar-refractivity contribution is 5.85. The first-order valence-corrected chi connectivity index (χ1v) is 6.56. The molecule has 1 heterocycles. The van der Waals surface area contributed by atoms with Crippen LogP contribution in [0.3, 0.4) is 0 Å². The van der Waals surface area contributed by atoms with Gasteiger partial charge in [-0.1, -0.05) is 24.8 Å². The smallest absolute Gasteiger partial charge is 0.119 e. The van der Waals surface area contributed by atoms with Gasteiger partial charge in [-0.25, -0.2) is 0 Å². The van der Waals surface area contributed by atoms with Crippen molar-refractivity contribution in [2.24, 2.45) is 0 Å². The Labute approximate surface area is 122 Å². The molecule has 0 amide bonds. The van der Waals surface area contributed by atoms with E-state index in [1.165, 1.54) is 5.56 Å². The molecule has 1 atom stereocenters. The van der Waals surface area contributed by atoms with Crippen LogP contribution in [-0.4, -0.2) is 37.2 Å². The molecule has 1 aromatic rings. The zero-order chi connectivity index (χ0) is 12.8. The fourth-order valence-electron chi connectivity index (χ4n) is 2.26. The van der Waals surface area contributed by atoms with Gasteiger partial charge in [0.05, 0.1) is 0 Å². The number of piperazine rings is 1. The van der Waals surface area contributed by atoms with E-state index in [0.717, 1.165) is 31.9 Å². The van der Waals surface area contributed by atoms with Gasteiger partial charge in [-0.15, -0.1) is 12.4 Å². The number of nitrogens with one attached hydrogen (secondary N) is 1. The van der Waals surface area contributed by atoms with Crippen LogP contribution in [0.15, 0.2) is 36.9 Å². The predicted molar refractivity (Wildman–Crippen MR) is 82.1 cm³/mol. The summed E-state index contributed by atoms with van der Waals surface area (Å²) < 4.78 is 5.48. The third-order valence-corrected chi connectivity index (χ3v) is 3.15. The van der Waals surface area contributed by atoms with Crippen LogP contribution >= 0.6 is 12.4 Å². The van der Waals surface area contributed by atoms with Crippen molar-refractivity contribution in [2.75, 3.05) is 26.2 Å². The number of nitrogens with zero attached hydrogens (tertiary/aromatic N) is 1. The Morgan fingerprint density at radius 2 is 2.16 bits per heavy atom. The van der Waals surface area contributed by atoms with Gasteiger partial charge in [0, 0.05) is 32.2 Å². The topological polar surface area (TPSA) is 24.5 Å². The third-order valence-electron chi connectivity index (χ3n) is 3.15. The lowest BCUT2D eigenvalue weighted by Crippen LogP contribution is -2.48. The number of halogens is 1. The Balaban J connectivity index is 0.00000180. The molecule has 1 aromatic carbocycles. The monoisotopic (exact) mass is 282 g/mol. The van der Waals surface area contributed by atoms with Crippen molar-refractivity contribution in [2.45, 2.75) is 19.5 Å². The Bertz CT molecular complexity index is 380. The Morgan fingerprint density at radius 3 is 2.79 bits per heavy atom. The first-order chi connectivity index (χ1) is 8.78. The molecular weight excluding hydrogens is 260 g/mol. The van der Waals surface area contributed by atoms with E-state index in [4.69, 9.17) is 4.74 Å². The maximum Gasteiger partial charge on any atom is 0.119 e. The molecule has 0 aromatic heterocycles. The molecule has 2 rings (SSSR count). The molecule has 1 aliphatic rings. The van der Waals surface area contributed by atoms with E-state index in [0.29, 0.717) is 12.6 Å². The molecule has 0 bridgehead atoms. The summed E-state index contributed by atoms with van der Waals surface area (Å²) in [7, 11) is 0. The Kier molecular flexibility index (Phi) is 6.92. The van der Waals surface area contributed by atoms with Gasteiger partial charge in [-0.3, -0.25) is 4.90 Å². The molecule has 3 nitrogen and oxygen atoms in total. The highest BCUT2D eigenvalue weighted by atomic mass is 35.5. The number of hydrogen-bond acceptors (Lipinski definition) is 3. The van der Waals surface area contributed by atoms with E-state index < -0.39 is 0 Å². The van der Waals surface area contributed by atoms with Gasteiger partial charge in [0.2, 0.25) is 0 Å². The fourth-order valence-corrected chi connectivity index (χ4v) is 2.26. The number of ether oxygens (including phenoxy) is 1. The third kappa shape index (κ3) is 5.23. The summed E-state index contributed by atoms with van der Waals surface area (Å²) in [4.78, 5) is 2.49. The van der Waals surface area contributed by atoms with Crippen LogP contribution in [0.1, 0.15) is 12.5 Å². The number of rotatable bonds is 5. The molecule has 0 spiro atoms. The van der Waals surface area contributed by atoms with Crippen LogP contribution in [0.25, 0.3) is 0 Å². The van der Waals surface area contributed by atoms with Gasteiger partial charge in [0.15, 0.2) is 0 Å². The van der Waals surface area contributed by atoms with E-state index in [9.17, 15) is 0 Å². The summed E-state index contributed by atoms with van der Waals surface area (Å²) in [6.45, 7) is 10.8. The van der Waals surface area contributed by atoms with E-state index in [2.05, 4.69) is 35.9 Å². The zero-order valence-electron chi connectivity index (χ0n) is 11.5. The van der Waals surface area contributed by atoms with Crippen molar-refractivity contribution in [1.82, 2.24) is 10.2 Å². The zero-order valence-corrected chi connectivity index (χ0v) is 12.3. The summed E-state index contributed by atoms with van der Waals surface area (Å²) in [5, 5.41) is 3.46. The summed E-state index contributed by atoms with van der Waals surface area (Å²) in [6, 6.07) is 8.94. The molecule has 0 aliphatic carbocycles. The molecule has 0 unspecified atom stereocenters. The van der Waals surface area contributed by atoms with Crippen LogP contribution in [-0.2, 0) is 6.54 Å². The quantitative estimate of drug-likeness (QED) is 0.840. The molecule has 19 heavy (non-hydrogen) atoms. The van der Waals surface area contributed by atoms with Gasteiger partial charge in [-0.05, 0) is 24.6 Å². The maximum absolute atomic E-state index is 5.48. The minimum Gasteiger partial charge on any atom is -0.490 e. The molecule has 1 aliphatic heterocycles. The van der Waals surface area contributed by atoms with Crippen LogP contribution in [0.2, 0.25) is 0 Å². The SMILES string of the molecule is C=CCOc1ccc(CN2CCN[C@@H](C)C2)cc1.Cl. The average Bonchev–Trinajstić information content (AvgIpc) is 2.38. The van der Waals surface area contributed by atoms with E-state index in [1.807, 2.05) is 12.1 Å². The first-order valence-electron chi connectivity index (χ1n) is 6.56. The van der Waals surface area contributed by atoms with Crippen LogP contribution in [0.4, 0.5) is 0 Å². The van der Waals surface area contributed by atoms with Crippen molar-refractivity contribution in [1.29, 1.82) is 0 Å². The Morgan fingerprint density at radius 1 is 1.42 bits per heavy atom. The van der Waals surface area contributed by atoms with E-state index >= 15 is 0 Å². The van der Waals surface area contributed by atoms with Crippen LogP contribution in [0, 0.1) is 0 Å². The summed E-state index contributed by atoms with van der Waals surface area (Å²) in [5.74, 6) is 0.910. The van der Waals surface area contributed by atoms with Crippen LogP contribution in [0.5, 0.6) is 5.75 Å². The maximum atomic E-state index is 5.48. The van der Waals surface area contributed by atoms with Crippen molar-refractivity contribution in [3.63, 3.8) is 0 Å².